The van der Waals surface area contributed by atoms with Crippen molar-refractivity contribution in [3.63, 3.8) is 0 Å². The molecule has 6 heteroatoms. The number of amides is 1. The van der Waals surface area contributed by atoms with Crippen molar-refractivity contribution >= 4 is 29.9 Å². The summed E-state index contributed by atoms with van der Waals surface area (Å²) < 4.78 is 5.32. The van der Waals surface area contributed by atoms with E-state index in [1.807, 2.05) is 12.1 Å². The number of nitrogens with one attached hydrogen (secondary N) is 1. The number of ether oxygens (including phenoxy) is 1. The van der Waals surface area contributed by atoms with Crippen LogP contribution in [0.3, 0.4) is 0 Å². The van der Waals surface area contributed by atoms with E-state index in [0.29, 0.717) is 32.6 Å². The van der Waals surface area contributed by atoms with Gasteiger partial charge in [-0.1, -0.05) is 36.6 Å². The molecule has 0 bridgehead atoms. The number of rotatable bonds is 4. The van der Waals surface area contributed by atoms with Gasteiger partial charge in [0.05, 0.1) is 5.54 Å². The first-order valence-corrected chi connectivity index (χ1v) is 8.83. The van der Waals surface area contributed by atoms with E-state index in [-0.39, 0.29) is 23.7 Å². The first-order valence-electron chi connectivity index (χ1n) is 8.45. The van der Waals surface area contributed by atoms with E-state index in [1.54, 1.807) is 0 Å². The molecular formula is C18H26Cl2N2O2. The Hall–Kier alpha value is -0.810. The normalized spacial score (nSPS) is 21.8. The summed E-state index contributed by atoms with van der Waals surface area (Å²) in [6, 6.07) is 8.04. The van der Waals surface area contributed by atoms with Crippen LogP contribution < -0.4 is 11.1 Å². The Morgan fingerprint density at radius 1 is 1.12 bits per heavy atom. The molecule has 134 valence electrons. The fraction of sp³-hybridized carbons (Fsp3) is 0.611. The third kappa shape index (κ3) is 4.05. The molecule has 0 spiro atoms. The van der Waals surface area contributed by atoms with Gasteiger partial charge in [-0.3, -0.25) is 4.79 Å². The highest BCUT2D eigenvalue weighted by Crippen LogP contribution is 2.41. The highest BCUT2D eigenvalue weighted by molar-refractivity contribution is 6.30. The minimum atomic E-state index is -0.780. The second-order valence-electron chi connectivity index (χ2n) is 6.95. The summed E-state index contributed by atoms with van der Waals surface area (Å²) in [7, 11) is 0. The molecule has 1 aromatic rings. The highest BCUT2D eigenvalue weighted by atomic mass is 35.5. The molecule has 0 unspecified atom stereocenters. The molecule has 0 aromatic heterocycles. The largest absolute Gasteiger partial charge is 0.381 e. The third-order valence-electron chi connectivity index (χ3n) is 5.44. The number of carbonyl (C=O) groups is 1. The molecule has 3 rings (SSSR count). The van der Waals surface area contributed by atoms with Crippen molar-refractivity contribution in [2.45, 2.75) is 49.5 Å². The highest BCUT2D eigenvalue weighted by Gasteiger charge is 2.40. The van der Waals surface area contributed by atoms with E-state index in [0.717, 1.165) is 17.9 Å². The molecule has 1 aliphatic carbocycles. The lowest BCUT2D eigenvalue weighted by Crippen LogP contribution is -2.58. The zero-order valence-electron chi connectivity index (χ0n) is 13.9. The molecule has 1 amide bonds. The van der Waals surface area contributed by atoms with Crippen LogP contribution in [0.25, 0.3) is 0 Å². The van der Waals surface area contributed by atoms with E-state index >= 15 is 0 Å². The summed E-state index contributed by atoms with van der Waals surface area (Å²) in [4.78, 5) is 12.6. The molecule has 2 fully saturated rings. The summed E-state index contributed by atoms with van der Waals surface area (Å²) in [5, 5.41) is 3.88. The second-order valence-corrected chi connectivity index (χ2v) is 7.38. The average Bonchev–Trinajstić information content (AvgIpc) is 3.04. The quantitative estimate of drug-likeness (QED) is 0.852. The standard InChI is InChI=1S/C18H25ClN2O2.ClH/c19-15-5-3-14(4-6-15)17(7-1-2-8-17)13-21-16(22)18(20)9-11-23-12-10-18;/h3-6H,1-2,7-13,20H2,(H,21,22);1H. The molecule has 4 nitrogen and oxygen atoms in total. The number of carbonyl (C=O) groups excluding carboxylic acids is 1. The summed E-state index contributed by atoms with van der Waals surface area (Å²) in [5.74, 6) is -0.0407. The number of benzene rings is 1. The smallest absolute Gasteiger partial charge is 0.240 e. The van der Waals surface area contributed by atoms with Gasteiger partial charge in [-0.15, -0.1) is 12.4 Å². The Balaban J connectivity index is 0.00000208. The van der Waals surface area contributed by atoms with Crippen LogP contribution in [-0.4, -0.2) is 31.2 Å². The fourth-order valence-corrected chi connectivity index (χ4v) is 3.94. The van der Waals surface area contributed by atoms with Gasteiger partial charge in [0.25, 0.3) is 0 Å². The molecule has 1 aliphatic heterocycles. The van der Waals surface area contributed by atoms with E-state index in [4.69, 9.17) is 22.1 Å². The maximum atomic E-state index is 12.6. The van der Waals surface area contributed by atoms with Gasteiger partial charge < -0.3 is 15.8 Å². The van der Waals surface area contributed by atoms with Crippen molar-refractivity contribution in [2.24, 2.45) is 5.73 Å². The van der Waals surface area contributed by atoms with Crippen LogP contribution in [0.4, 0.5) is 0 Å². The lowest BCUT2D eigenvalue weighted by Gasteiger charge is -2.35. The molecular weight excluding hydrogens is 347 g/mol. The topological polar surface area (TPSA) is 64.4 Å². The van der Waals surface area contributed by atoms with Gasteiger partial charge in [0.1, 0.15) is 0 Å². The summed E-state index contributed by atoms with van der Waals surface area (Å²) >= 11 is 6.01. The van der Waals surface area contributed by atoms with E-state index < -0.39 is 5.54 Å². The van der Waals surface area contributed by atoms with E-state index in [9.17, 15) is 4.79 Å². The van der Waals surface area contributed by atoms with E-state index in [2.05, 4.69) is 17.4 Å². The van der Waals surface area contributed by atoms with Crippen LogP contribution in [0.1, 0.15) is 44.1 Å². The molecule has 1 saturated carbocycles. The Bertz CT molecular complexity index is 551. The molecule has 0 radical (unpaired) electrons. The van der Waals surface area contributed by atoms with Crippen molar-refractivity contribution in [2.75, 3.05) is 19.8 Å². The summed E-state index contributed by atoms with van der Waals surface area (Å²) in [5.41, 5.74) is 6.78. The van der Waals surface area contributed by atoms with Gasteiger partial charge >= 0.3 is 0 Å². The Labute approximate surface area is 154 Å². The van der Waals surface area contributed by atoms with Gasteiger partial charge in [-0.2, -0.15) is 0 Å². The van der Waals surface area contributed by atoms with Gasteiger partial charge in [-0.05, 0) is 43.4 Å². The van der Waals surface area contributed by atoms with Gasteiger partial charge in [0.2, 0.25) is 5.91 Å². The molecule has 3 N–H and O–H groups in total. The van der Waals surface area contributed by atoms with E-state index in [1.165, 1.54) is 18.4 Å². The SMILES string of the molecule is Cl.NC1(C(=O)NCC2(c3ccc(Cl)cc3)CCCC2)CCOCC1. The summed E-state index contributed by atoms with van der Waals surface area (Å²) in [6.07, 6.45) is 5.75. The first kappa shape index (κ1) is 19.5. The predicted molar refractivity (Wildman–Crippen MR) is 98.8 cm³/mol. The third-order valence-corrected chi connectivity index (χ3v) is 5.69. The lowest BCUT2D eigenvalue weighted by atomic mass is 9.78. The second kappa shape index (κ2) is 8.05. The average molecular weight is 373 g/mol. The Kier molecular flexibility index (Phi) is 6.54. The van der Waals surface area contributed by atoms with Crippen LogP contribution in [0.2, 0.25) is 5.02 Å². The minimum Gasteiger partial charge on any atom is -0.381 e. The molecule has 1 aromatic carbocycles. The van der Waals surface area contributed by atoms with Crippen LogP contribution in [0, 0.1) is 0 Å². The molecule has 1 saturated heterocycles. The molecule has 24 heavy (non-hydrogen) atoms. The fourth-order valence-electron chi connectivity index (χ4n) is 3.81. The van der Waals surface area contributed by atoms with Crippen molar-refractivity contribution in [3.05, 3.63) is 34.9 Å². The number of halogens is 2. The van der Waals surface area contributed by atoms with Gasteiger partial charge in [0.15, 0.2) is 0 Å². The molecule has 2 aliphatic rings. The van der Waals surface area contributed by atoms with Crippen LogP contribution in [0.5, 0.6) is 0 Å². The van der Waals surface area contributed by atoms with Crippen molar-refractivity contribution in [1.29, 1.82) is 0 Å². The van der Waals surface area contributed by atoms with Crippen molar-refractivity contribution < 1.29 is 9.53 Å². The monoisotopic (exact) mass is 372 g/mol. The van der Waals surface area contributed by atoms with Crippen molar-refractivity contribution in [3.8, 4) is 0 Å². The summed E-state index contributed by atoms with van der Waals surface area (Å²) in [6.45, 7) is 1.77. The Morgan fingerprint density at radius 2 is 1.71 bits per heavy atom. The zero-order chi connectivity index (χ0) is 16.3. The number of hydrogen-bond donors (Lipinski definition) is 2. The van der Waals surface area contributed by atoms with Crippen LogP contribution in [-0.2, 0) is 14.9 Å². The molecule has 1 heterocycles. The minimum absolute atomic E-state index is 0. The number of nitrogens with two attached hydrogens (primary N) is 1. The first-order chi connectivity index (χ1) is 11.0. The maximum absolute atomic E-state index is 12.6. The van der Waals surface area contributed by atoms with Crippen LogP contribution >= 0.6 is 24.0 Å². The van der Waals surface area contributed by atoms with Gasteiger partial charge in [-0.25, -0.2) is 0 Å². The Morgan fingerprint density at radius 3 is 2.29 bits per heavy atom. The molecule has 0 atom stereocenters. The number of hydrogen-bond acceptors (Lipinski definition) is 3. The predicted octanol–water partition coefficient (Wildman–Crippen LogP) is 3.20. The van der Waals surface area contributed by atoms with Gasteiger partial charge in [0, 0.05) is 30.2 Å². The van der Waals surface area contributed by atoms with Crippen LogP contribution in [0.15, 0.2) is 24.3 Å². The zero-order valence-corrected chi connectivity index (χ0v) is 15.4. The maximum Gasteiger partial charge on any atom is 0.240 e. The van der Waals surface area contributed by atoms with Crippen molar-refractivity contribution in [1.82, 2.24) is 5.32 Å². The lowest BCUT2D eigenvalue weighted by molar-refractivity contribution is -0.130.